The summed E-state index contributed by atoms with van der Waals surface area (Å²) in [6.45, 7) is 2.36. The van der Waals surface area contributed by atoms with Crippen molar-refractivity contribution >= 4 is 28.3 Å². The number of carbonyl (C=O) groups is 1. The molecule has 1 aromatic carbocycles. The van der Waals surface area contributed by atoms with Crippen LogP contribution >= 0.6 is 0 Å². The Kier molecular flexibility index (Phi) is 3.85. The molecule has 6 heteroatoms. The van der Waals surface area contributed by atoms with Gasteiger partial charge in [0.15, 0.2) is 0 Å². The Hall–Kier alpha value is -2.37. The highest BCUT2D eigenvalue weighted by molar-refractivity contribution is 5.91. The van der Waals surface area contributed by atoms with Crippen molar-refractivity contribution in [2.24, 2.45) is 0 Å². The van der Waals surface area contributed by atoms with Gasteiger partial charge in [-0.2, -0.15) is 0 Å². The van der Waals surface area contributed by atoms with Crippen LogP contribution in [0.4, 0.5) is 11.5 Å². The maximum atomic E-state index is 12.0. The van der Waals surface area contributed by atoms with Crippen LogP contribution in [0.25, 0.3) is 10.9 Å². The molecular weight excluding hydrogens is 266 g/mol. The lowest BCUT2D eigenvalue weighted by Gasteiger charge is -2.15. The van der Waals surface area contributed by atoms with Crippen LogP contribution in [0.5, 0.6) is 0 Å². The molecule has 21 heavy (non-hydrogen) atoms. The van der Waals surface area contributed by atoms with Crippen LogP contribution in [-0.4, -0.2) is 40.4 Å². The van der Waals surface area contributed by atoms with Gasteiger partial charge in [0.1, 0.15) is 12.1 Å². The molecule has 0 aliphatic carbocycles. The van der Waals surface area contributed by atoms with Crippen molar-refractivity contribution < 1.29 is 4.79 Å². The van der Waals surface area contributed by atoms with Crippen LogP contribution in [0.2, 0.25) is 0 Å². The van der Waals surface area contributed by atoms with E-state index in [4.69, 9.17) is 5.73 Å². The zero-order valence-electron chi connectivity index (χ0n) is 11.9. The Morgan fingerprint density at radius 3 is 2.90 bits per heavy atom. The van der Waals surface area contributed by atoms with E-state index in [-0.39, 0.29) is 5.91 Å². The molecule has 0 bridgehead atoms. The summed E-state index contributed by atoms with van der Waals surface area (Å²) >= 11 is 0. The van der Waals surface area contributed by atoms with E-state index in [9.17, 15) is 4.79 Å². The van der Waals surface area contributed by atoms with Gasteiger partial charge >= 0.3 is 0 Å². The van der Waals surface area contributed by atoms with E-state index in [0.29, 0.717) is 18.7 Å². The highest BCUT2D eigenvalue weighted by Gasteiger charge is 2.17. The largest absolute Gasteiger partial charge is 0.399 e. The predicted octanol–water partition coefficient (Wildman–Crippen LogP) is 1.64. The van der Waals surface area contributed by atoms with Crippen molar-refractivity contribution in [3.05, 3.63) is 24.5 Å². The monoisotopic (exact) mass is 285 g/mol. The third-order valence-corrected chi connectivity index (χ3v) is 3.75. The number of likely N-dealkylation sites (tertiary alicyclic amines) is 1. The van der Waals surface area contributed by atoms with Gasteiger partial charge in [-0.1, -0.05) is 0 Å². The summed E-state index contributed by atoms with van der Waals surface area (Å²) in [4.78, 5) is 22.4. The lowest BCUT2D eigenvalue weighted by molar-refractivity contribution is -0.129. The molecule has 0 atom stereocenters. The Morgan fingerprint density at radius 1 is 1.29 bits per heavy atom. The Labute approximate surface area is 123 Å². The van der Waals surface area contributed by atoms with Gasteiger partial charge in [-0.05, 0) is 31.0 Å². The molecule has 3 rings (SSSR count). The van der Waals surface area contributed by atoms with Crippen molar-refractivity contribution in [2.75, 3.05) is 30.7 Å². The van der Waals surface area contributed by atoms with Crippen LogP contribution in [-0.2, 0) is 4.79 Å². The zero-order chi connectivity index (χ0) is 14.7. The quantitative estimate of drug-likeness (QED) is 0.834. The fourth-order valence-corrected chi connectivity index (χ4v) is 2.63. The number of amides is 1. The van der Waals surface area contributed by atoms with E-state index < -0.39 is 0 Å². The minimum atomic E-state index is 0.206. The molecule has 1 aromatic heterocycles. The molecule has 2 heterocycles. The number of hydrogen-bond acceptors (Lipinski definition) is 5. The Bertz CT molecular complexity index is 652. The summed E-state index contributed by atoms with van der Waals surface area (Å²) in [7, 11) is 0. The first-order valence-corrected chi connectivity index (χ1v) is 7.26. The first-order chi connectivity index (χ1) is 10.2. The number of nitrogens with two attached hydrogens (primary N) is 1. The summed E-state index contributed by atoms with van der Waals surface area (Å²) in [5.74, 6) is 0.930. The number of nitrogen functional groups attached to an aromatic ring is 1. The first-order valence-electron chi connectivity index (χ1n) is 7.26. The first kappa shape index (κ1) is 13.6. The molecule has 1 aliphatic rings. The molecule has 6 nitrogen and oxygen atoms in total. The number of rotatable bonds is 4. The van der Waals surface area contributed by atoms with Gasteiger partial charge in [0.2, 0.25) is 5.91 Å². The molecule has 1 fully saturated rings. The highest BCUT2D eigenvalue weighted by atomic mass is 16.2. The summed E-state index contributed by atoms with van der Waals surface area (Å²) in [5.41, 5.74) is 7.32. The smallest absolute Gasteiger partial charge is 0.224 e. The average Bonchev–Trinajstić information content (AvgIpc) is 3.02. The minimum absolute atomic E-state index is 0.206. The fraction of sp³-hybridized carbons (Fsp3) is 0.400. The molecule has 0 unspecified atom stereocenters. The number of carbonyl (C=O) groups excluding carboxylic acids is 1. The second-order valence-electron chi connectivity index (χ2n) is 5.26. The topological polar surface area (TPSA) is 84.1 Å². The zero-order valence-corrected chi connectivity index (χ0v) is 11.9. The van der Waals surface area contributed by atoms with Gasteiger partial charge in [0.25, 0.3) is 0 Å². The standard InChI is InChI=1S/C15H19N5O/c16-11-3-4-13-12(9-11)15(19-10-18-13)17-6-5-14(21)20-7-1-2-8-20/h3-4,9-10H,1-2,5-8,16H2,(H,17,18,19). The fourth-order valence-electron chi connectivity index (χ4n) is 2.63. The van der Waals surface area contributed by atoms with Crippen LogP contribution in [0.1, 0.15) is 19.3 Å². The Balaban J connectivity index is 1.65. The van der Waals surface area contributed by atoms with Crippen molar-refractivity contribution in [1.82, 2.24) is 14.9 Å². The average molecular weight is 285 g/mol. The van der Waals surface area contributed by atoms with Gasteiger partial charge < -0.3 is 16.0 Å². The van der Waals surface area contributed by atoms with Crippen molar-refractivity contribution in [3.63, 3.8) is 0 Å². The van der Waals surface area contributed by atoms with Crippen LogP contribution < -0.4 is 11.1 Å². The molecule has 1 amide bonds. The molecule has 0 spiro atoms. The van der Waals surface area contributed by atoms with Crippen molar-refractivity contribution in [3.8, 4) is 0 Å². The van der Waals surface area contributed by atoms with E-state index in [1.807, 2.05) is 23.1 Å². The third-order valence-electron chi connectivity index (χ3n) is 3.75. The van der Waals surface area contributed by atoms with Gasteiger partial charge in [-0.3, -0.25) is 4.79 Å². The second-order valence-corrected chi connectivity index (χ2v) is 5.26. The summed E-state index contributed by atoms with van der Waals surface area (Å²) in [5, 5.41) is 4.10. The number of nitrogens with zero attached hydrogens (tertiary/aromatic N) is 3. The highest BCUT2D eigenvalue weighted by Crippen LogP contribution is 2.21. The molecule has 1 aliphatic heterocycles. The number of hydrogen-bond donors (Lipinski definition) is 2. The van der Waals surface area contributed by atoms with Crippen LogP contribution in [0, 0.1) is 0 Å². The third kappa shape index (κ3) is 3.04. The second kappa shape index (κ2) is 5.95. The summed E-state index contributed by atoms with van der Waals surface area (Å²) in [6, 6.07) is 5.53. The van der Waals surface area contributed by atoms with Gasteiger partial charge in [0.05, 0.1) is 5.52 Å². The van der Waals surface area contributed by atoms with Gasteiger partial charge in [-0.15, -0.1) is 0 Å². The lowest BCUT2D eigenvalue weighted by Crippen LogP contribution is -2.29. The van der Waals surface area contributed by atoms with Gasteiger partial charge in [0, 0.05) is 37.1 Å². The maximum Gasteiger partial charge on any atom is 0.224 e. The van der Waals surface area contributed by atoms with Gasteiger partial charge in [-0.25, -0.2) is 9.97 Å². The lowest BCUT2D eigenvalue weighted by atomic mass is 10.2. The van der Waals surface area contributed by atoms with Crippen LogP contribution in [0.3, 0.4) is 0 Å². The van der Waals surface area contributed by atoms with E-state index in [2.05, 4.69) is 15.3 Å². The van der Waals surface area contributed by atoms with E-state index in [1.165, 1.54) is 6.33 Å². The number of benzene rings is 1. The SMILES string of the molecule is Nc1ccc2ncnc(NCCC(=O)N3CCCC3)c2c1. The van der Waals surface area contributed by atoms with E-state index in [0.717, 1.165) is 42.7 Å². The number of fused-ring (bicyclic) bond motifs is 1. The number of nitrogens with one attached hydrogen (secondary N) is 1. The summed E-state index contributed by atoms with van der Waals surface area (Å²) < 4.78 is 0. The molecule has 2 aromatic rings. The number of anilines is 2. The molecular formula is C15H19N5O. The van der Waals surface area contributed by atoms with E-state index >= 15 is 0 Å². The molecule has 110 valence electrons. The van der Waals surface area contributed by atoms with E-state index in [1.54, 1.807) is 0 Å². The number of aromatic nitrogens is 2. The molecule has 1 saturated heterocycles. The molecule has 3 N–H and O–H groups in total. The van der Waals surface area contributed by atoms with Crippen molar-refractivity contribution in [2.45, 2.75) is 19.3 Å². The normalized spacial score (nSPS) is 14.6. The molecule has 0 radical (unpaired) electrons. The Morgan fingerprint density at radius 2 is 2.10 bits per heavy atom. The predicted molar refractivity (Wildman–Crippen MR) is 82.9 cm³/mol. The minimum Gasteiger partial charge on any atom is -0.399 e. The summed E-state index contributed by atoms with van der Waals surface area (Å²) in [6.07, 6.45) is 4.24. The maximum absolute atomic E-state index is 12.0. The molecule has 0 saturated carbocycles. The van der Waals surface area contributed by atoms with Crippen molar-refractivity contribution in [1.29, 1.82) is 0 Å². The van der Waals surface area contributed by atoms with Crippen LogP contribution in [0.15, 0.2) is 24.5 Å².